The number of anilines is 1. The van der Waals surface area contributed by atoms with Crippen LogP contribution in [0.3, 0.4) is 0 Å². The van der Waals surface area contributed by atoms with Crippen LogP contribution >= 0.6 is 0 Å². The van der Waals surface area contributed by atoms with E-state index in [0.717, 1.165) is 30.0 Å². The molecule has 0 aromatic heterocycles. The molecule has 16 heavy (non-hydrogen) atoms. The molecule has 0 radical (unpaired) electrons. The third-order valence-corrected chi connectivity index (χ3v) is 2.41. The maximum absolute atomic E-state index is 5.80. The predicted molar refractivity (Wildman–Crippen MR) is 65.4 cm³/mol. The molecule has 0 atom stereocenters. The predicted octanol–water partition coefficient (Wildman–Crippen LogP) is 3.06. The Labute approximate surface area is 96.8 Å². The molecular formula is C13H19NO2. The van der Waals surface area contributed by atoms with E-state index < -0.39 is 0 Å². The summed E-state index contributed by atoms with van der Waals surface area (Å²) in [5, 5.41) is 3.10. The van der Waals surface area contributed by atoms with Crippen molar-refractivity contribution in [2.75, 3.05) is 12.4 Å². The van der Waals surface area contributed by atoms with Crippen molar-refractivity contribution in [2.45, 2.75) is 38.9 Å². The van der Waals surface area contributed by atoms with E-state index in [1.165, 1.54) is 0 Å². The van der Waals surface area contributed by atoms with Gasteiger partial charge >= 0.3 is 0 Å². The average molecular weight is 221 g/mol. The van der Waals surface area contributed by atoms with Gasteiger partial charge in [-0.05, 0) is 38.8 Å². The van der Waals surface area contributed by atoms with Crippen molar-refractivity contribution in [2.24, 2.45) is 0 Å². The van der Waals surface area contributed by atoms with E-state index in [2.05, 4.69) is 5.32 Å². The van der Waals surface area contributed by atoms with Gasteiger partial charge in [-0.1, -0.05) is 0 Å². The van der Waals surface area contributed by atoms with Gasteiger partial charge in [0, 0.05) is 18.8 Å². The lowest BCUT2D eigenvalue weighted by Crippen LogP contribution is -2.08. The molecule has 1 aliphatic rings. The van der Waals surface area contributed by atoms with Crippen LogP contribution in [0, 0.1) is 0 Å². The highest BCUT2D eigenvalue weighted by atomic mass is 16.5. The monoisotopic (exact) mass is 221 g/mol. The Hall–Kier alpha value is -1.38. The topological polar surface area (TPSA) is 30.5 Å². The first-order chi connectivity index (χ1) is 7.69. The Balaban J connectivity index is 2.18. The first-order valence-electron chi connectivity index (χ1n) is 5.84. The van der Waals surface area contributed by atoms with E-state index in [-0.39, 0.29) is 6.10 Å². The minimum atomic E-state index is 0.161. The summed E-state index contributed by atoms with van der Waals surface area (Å²) >= 11 is 0. The fourth-order valence-electron chi connectivity index (χ4n) is 1.47. The smallest absolute Gasteiger partial charge is 0.163 e. The second kappa shape index (κ2) is 4.64. The molecular weight excluding hydrogens is 202 g/mol. The summed E-state index contributed by atoms with van der Waals surface area (Å²) < 4.78 is 11.6. The second-order valence-corrected chi connectivity index (χ2v) is 4.40. The van der Waals surface area contributed by atoms with Crippen LogP contribution in [0.15, 0.2) is 18.2 Å². The lowest BCUT2D eigenvalue weighted by Gasteiger charge is -2.16. The zero-order valence-electron chi connectivity index (χ0n) is 10.1. The molecule has 0 aliphatic heterocycles. The van der Waals surface area contributed by atoms with E-state index in [4.69, 9.17) is 9.47 Å². The molecule has 0 amide bonds. The van der Waals surface area contributed by atoms with Crippen LogP contribution < -0.4 is 14.8 Å². The van der Waals surface area contributed by atoms with Crippen molar-refractivity contribution in [3.05, 3.63) is 18.2 Å². The number of rotatable bonds is 5. The van der Waals surface area contributed by atoms with Crippen LogP contribution in [0.1, 0.15) is 26.7 Å². The van der Waals surface area contributed by atoms with Gasteiger partial charge in [0.05, 0.1) is 12.2 Å². The Morgan fingerprint density at radius 2 is 2.00 bits per heavy atom. The van der Waals surface area contributed by atoms with Gasteiger partial charge in [0.2, 0.25) is 0 Å². The van der Waals surface area contributed by atoms with E-state index in [9.17, 15) is 0 Å². The number of hydrogen-bond acceptors (Lipinski definition) is 3. The Bertz CT molecular complexity index is 359. The van der Waals surface area contributed by atoms with Crippen molar-refractivity contribution in [1.29, 1.82) is 0 Å². The van der Waals surface area contributed by atoms with Gasteiger partial charge in [-0.3, -0.25) is 0 Å². The Morgan fingerprint density at radius 1 is 1.25 bits per heavy atom. The summed E-state index contributed by atoms with van der Waals surface area (Å²) in [5.41, 5.74) is 1.04. The molecule has 1 fully saturated rings. The summed E-state index contributed by atoms with van der Waals surface area (Å²) in [6.07, 6.45) is 2.88. The van der Waals surface area contributed by atoms with E-state index >= 15 is 0 Å². The molecule has 0 heterocycles. The summed E-state index contributed by atoms with van der Waals surface area (Å²) in [7, 11) is 1.90. The zero-order chi connectivity index (χ0) is 11.5. The second-order valence-electron chi connectivity index (χ2n) is 4.40. The molecule has 3 nitrogen and oxygen atoms in total. The van der Waals surface area contributed by atoms with Gasteiger partial charge in [0.25, 0.3) is 0 Å². The molecule has 88 valence electrons. The van der Waals surface area contributed by atoms with Gasteiger partial charge < -0.3 is 14.8 Å². The van der Waals surface area contributed by atoms with Crippen molar-refractivity contribution < 1.29 is 9.47 Å². The quantitative estimate of drug-likeness (QED) is 0.829. The molecule has 1 saturated carbocycles. The largest absolute Gasteiger partial charge is 0.487 e. The van der Waals surface area contributed by atoms with Crippen LogP contribution in [-0.2, 0) is 0 Å². The van der Waals surface area contributed by atoms with E-state index in [0.29, 0.717) is 6.10 Å². The molecule has 1 aliphatic carbocycles. The number of ether oxygens (including phenoxy) is 2. The van der Waals surface area contributed by atoms with Crippen molar-refractivity contribution in [3.63, 3.8) is 0 Å². The van der Waals surface area contributed by atoms with Gasteiger partial charge in [-0.15, -0.1) is 0 Å². The Kier molecular flexibility index (Phi) is 3.22. The van der Waals surface area contributed by atoms with Crippen molar-refractivity contribution >= 4 is 5.69 Å². The molecule has 0 saturated heterocycles. The minimum absolute atomic E-state index is 0.161. The normalized spacial score (nSPS) is 15.0. The first-order valence-corrected chi connectivity index (χ1v) is 5.84. The van der Waals surface area contributed by atoms with Gasteiger partial charge in [0.1, 0.15) is 0 Å². The van der Waals surface area contributed by atoms with Crippen LogP contribution in [0.4, 0.5) is 5.69 Å². The molecule has 0 spiro atoms. The first kappa shape index (κ1) is 11.1. The Morgan fingerprint density at radius 3 is 2.56 bits per heavy atom. The number of benzene rings is 1. The SMILES string of the molecule is CNc1ccc(OC2CC2)c(OC(C)C)c1. The summed E-state index contributed by atoms with van der Waals surface area (Å²) in [6, 6.07) is 5.96. The molecule has 0 bridgehead atoms. The zero-order valence-corrected chi connectivity index (χ0v) is 10.1. The summed E-state index contributed by atoms with van der Waals surface area (Å²) in [6.45, 7) is 4.04. The van der Waals surface area contributed by atoms with Crippen LogP contribution in [-0.4, -0.2) is 19.3 Å². The van der Waals surface area contributed by atoms with E-state index in [1.807, 2.05) is 39.1 Å². The van der Waals surface area contributed by atoms with Gasteiger partial charge in [0.15, 0.2) is 11.5 Å². The molecule has 1 aromatic carbocycles. The lowest BCUT2D eigenvalue weighted by molar-refractivity contribution is 0.218. The van der Waals surface area contributed by atoms with Crippen LogP contribution in [0.5, 0.6) is 11.5 Å². The van der Waals surface area contributed by atoms with Crippen LogP contribution in [0.25, 0.3) is 0 Å². The molecule has 0 unspecified atom stereocenters. The van der Waals surface area contributed by atoms with Crippen molar-refractivity contribution in [3.8, 4) is 11.5 Å². The summed E-state index contributed by atoms with van der Waals surface area (Å²) in [4.78, 5) is 0. The molecule has 3 heteroatoms. The highest BCUT2D eigenvalue weighted by Gasteiger charge is 2.25. The van der Waals surface area contributed by atoms with Gasteiger partial charge in [-0.2, -0.15) is 0 Å². The number of nitrogens with one attached hydrogen (secondary N) is 1. The molecule has 1 N–H and O–H groups in total. The summed E-state index contributed by atoms with van der Waals surface area (Å²) in [5.74, 6) is 1.68. The third-order valence-electron chi connectivity index (χ3n) is 2.41. The lowest BCUT2D eigenvalue weighted by atomic mass is 10.2. The maximum Gasteiger partial charge on any atom is 0.163 e. The van der Waals surface area contributed by atoms with Crippen molar-refractivity contribution in [1.82, 2.24) is 0 Å². The van der Waals surface area contributed by atoms with E-state index in [1.54, 1.807) is 0 Å². The average Bonchev–Trinajstić information content (AvgIpc) is 3.03. The minimum Gasteiger partial charge on any atom is -0.487 e. The van der Waals surface area contributed by atoms with Crippen LogP contribution in [0.2, 0.25) is 0 Å². The maximum atomic E-state index is 5.80. The van der Waals surface area contributed by atoms with Gasteiger partial charge in [-0.25, -0.2) is 0 Å². The third kappa shape index (κ3) is 2.81. The fraction of sp³-hybridized carbons (Fsp3) is 0.538. The standard InChI is InChI=1S/C13H19NO2/c1-9(2)15-13-8-10(14-3)4-7-12(13)16-11-5-6-11/h4,7-9,11,14H,5-6H2,1-3H3. The highest BCUT2D eigenvalue weighted by molar-refractivity contribution is 5.54. The molecule has 1 aromatic rings. The molecule has 2 rings (SSSR count). The fourth-order valence-corrected chi connectivity index (χ4v) is 1.47. The highest BCUT2D eigenvalue weighted by Crippen LogP contribution is 2.35. The number of hydrogen-bond donors (Lipinski definition) is 1.